The number of rotatable bonds is 4. The Balaban J connectivity index is 2.12. The molecule has 1 saturated carbocycles. The SMILES string of the molecule is COc1ccccc1NC(=O)[C@@H]1CCCC[C@@H]1C(=O)[O-]. The first-order valence-corrected chi connectivity index (χ1v) is 6.78. The zero-order valence-electron chi connectivity index (χ0n) is 11.4. The summed E-state index contributed by atoms with van der Waals surface area (Å²) in [6, 6.07) is 7.06. The molecule has 0 aliphatic heterocycles. The van der Waals surface area contributed by atoms with Crippen LogP contribution in [-0.2, 0) is 9.59 Å². The molecule has 0 spiro atoms. The molecule has 108 valence electrons. The van der Waals surface area contributed by atoms with Crippen molar-refractivity contribution < 1.29 is 19.4 Å². The number of nitrogens with one attached hydrogen (secondary N) is 1. The van der Waals surface area contributed by atoms with Crippen LogP contribution in [0.3, 0.4) is 0 Å². The van der Waals surface area contributed by atoms with Gasteiger partial charge in [-0.15, -0.1) is 0 Å². The number of hydrogen-bond acceptors (Lipinski definition) is 4. The van der Waals surface area contributed by atoms with Gasteiger partial charge in [0.25, 0.3) is 0 Å². The van der Waals surface area contributed by atoms with Gasteiger partial charge in [0.1, 0.15) is 5.75 Å². The number of hydrogen-bond donors (Lipinski definition) is 1. The number of carboxylic acid groups (broad SMARTS) is 1. The van der Waals surface area contributed by atoms with Gasteiger partial charge in [-0.3, -0.25) is 4.79 Å². The average Bonchev–Trinajstić information content (AvgIpc) is 2.47. The van der Waals surface area contributed by atoms with Crippen molar-refractivity contribution in [3.63, 3.8) is 0 Å². The Morgan fingerprint density at radius 3 is 2.50 bits per heavy atom. The fraction of sp³-hybridized carbons (Fsp3) is 0.467. The second kappa shape index (κ2) is 6.41. The number of aliphatic carboxylic acids is 1. The standard InChI is InChI=1S/C15H19NO4/c1-20-13-9-5-4-8-12(13)16-14(17)10-6-2-3-7-11(10)15(18)19/h4-5,8-11H,2-3,6-7H2,1H3,(H,16,17)(H,18,19)/p-1/t10-,11+/m1/s1. The van der Waals surface area contributed by atoms with Gasteiger partial charge in [-0.25, -0.2) is 0 Å². The van der Waals surface area contributed by atoms with Crippen LogP contribution in [-0.4, -0.2) is 19.0 Å². The molecule has 2 atom stereocenters. The van der Waals surface area contributed by atoms with E-state index in [9.17, 15) is 14.7 Å². The number of carboxylic acids is 1. The summed E-state index contributed by atoms with van der Waals surface area (Å²) in [7, 11) is 1.52. The van der Waals surface area contributed by atoms with Crippen LogP contribution < -0.4 is 15.2 Å². The second-order valence-electron chi connectivity index (χ2n) is 5.01. The normalized spacial score (nSPS) is 22.1. The molecule has 0 radical (unpaired) electrons. The summed E-state index contributed by atoms with van der Waals surface area (Å²) in [4.78, 5) is 23.4. The first kappa shape index (κ1) is 14.4. The highest BCUT2D eigenvalue weighted by molar-refractivity contribution is 5.96. The highest BCUT2D eigenvalue weighted by Crippen LogP contribution is 2.32. The maximum Gasteiger partial charge on any atom is 0.228 e. The molecule has 0 unspecified atom stereocenters. The van der Waals surface area contributed by atoms with E-state index in [0.29, 0.717) is 24.3 Å². The second-order valence-corrected chi connectivity index (χ2v) is 5.01. The van der Waals surface area contributed by atoms with Crippen molar-refractivity contribution in [3.8, 4) is 5.75 Å². The smallest absolute Gasteiger partial charge is 0.228 e. The Morgan fingerprint density at radius 2 is 1.85 bits per heavy atom. The molecule has 1 aromatic rings. The molecule has 0 saturated heterocycles. The lowest BCUT2D eigenvalue weighted by molar-refractivity contribution is -0.313. The van der Waals surface area contributed by atoms with Crippen molar-refractivity contribution in [2.75, 3.05) is 12.4 Å². The van der Waals surface area contributed by atoms with E-state index in [-0.39, 0.29) is 5.91 Å². The molecule has 20 heavy (non-hydrogen) atoms. The quantitative estimate of drug-likeness (QED) is 0.896. The molecular weight excluding hydrogens is 258 g/mol. The minimum Gasteiger partial charge on any atom is -0.550 e. The molecule has 2 rings (SSSR count). The van der Waals surface area contributed by atoms with E-state index < -0.39 is 17.8 Å². The largest absolute Gasteiger partial charge is 0.550 e. The third-order valence-corrected chi connectivity index (χ3v) is 3.77. The number of methoxy groups -OCH3 is 1. The van der Waals surface area contributed by atoms with Gasteiger partial charge in [0.15, 0.2) is 0 Å². The molecule has 0 bridgehead atoms. The van der Waals surface area contributed by atoms with Crippen LogP contribution in [0.4, 0.5) is 5.69 Å². The van der Waals surface area contributed by atoms with Gasteiger partial charge in [0, 0.05) is 17.8 Å². The number of anilines is 1. The van der Waals surface area contributed by atoms with Crippen molar-refractivity contribution in [3.05, 3.63) is 24.3 Å². The zero-order chi connectivity index (χ0) is 14.5. The zero-order valence-corrected chi connectivity index (χ0v) is 11.4. The van der Waals surface area contributed by atoms with Crippen LogP contribution in [0.25, 0.3) is 0 Å². The van der Waals surface area contributed by atoms with Crippen LogP contribution >= 0.6 is 0 Å². The van der Waals surface area contributed by atoms with E-state index >= 15 is 0 Å². The Labute approximate surface area is 117 Å². The molecular formula is C15H18NO4-. The summed E-state index contributed by atoms with van der Waals surface area (Å²) >= 11 is 0. The molecule has 1 N–H and O–H groups in total. The van der Waals surface area contributed by atoms with Crippen molar-refractivity contribution in [2.24, 2.45) is 11.8 Å². The third-order valence-electron chi connectivity index (χ3n) is 3.77. The predicted octanol–water partition coefficient (Wildman–Crippen LogP) is 1.19. The Bertz CT molecular complexity index is 500. The van der Waals surface area contributed by atoms with Crippen LogP contribution in [0, 0.1) is 11.8 Å². The van der Waals surface area contributed by atoms with Crippen molar-refractivity contribution in [1.29, 1.82) is 0 Å². The molecule has 5 heteroatoms. The van der Waals surface area contributed by atoms with Gasteiger partial charge in [0.2, 0.25) is 5.91 Å². The lowest BCUT2D eigenvalue weighted by Gasteiger charge is -2.31. The lowest BCUT2D eigenvalue weighted by Crippen LogP contribution is -2.42. The van der Waals surface area contributed by atoms with E-state index in [1.807, 2.05) is 0 Å². The molecule has 1 aliphatic carbocycles. The van der Waals surface area contributed by atoms with Crippen molar-refractivity contribution in [1.82, 2.24) is 0 Å². The van der Waals surface area contributed by atoms with E-state index in [4.69, 9.17) is 4.74 Å². The summed E-state index contributed by atoms with van der Waals surface area (Å²) in [6.45, 7) is 0. The Morgan fingerprint density at radius 1 is 1.20 bits per heavy atom. The van der Waals surface area contributed by atoms with Gasteiger partial charge in [-0.05, 0) is 25.0 Å². The van der Waals surface area contributed by atoms with E-state index in [0.717, 1.165) is 12.8 Å². The highest BCUT2D eigenvalue weighted by Gasteiger charge is 2.32. The van der Waals surface area contributed by atoms with Gasteiger partial charge in [-0.1, -0.05) is 25.0 Å². The number of benzene rings is 1. The van der Waals surface area contributed by atoms with Crippen molar-refractivity contribution >= 4 is 17.6 Å². The van der Waals surface area contributed by atoms with Gasteiger partial charge < -0.3 is 20.0 Å². The highest BCUT2D eigenvalue weighted by atomic mass is 16.5. The van der Waals surface area contributed by atoms with Gasteiger partial charge in [-0.2, -0.15) is 0 Å². The number of carbonyl (C=O) groups is 2. The molecule has 1 aliphatic rings. The van der Waals surface area contributed by atoms with Crippen LogP contribution in [0.2, 0.25) is 0 Å². The third kappa shape index (κ3) is 3.10. The maximum atomic E-state index is 12.3. The Hall–Kier alpha value is -2.04. The van der Waals surface area contributed by atoms with Gasteiger partial charge in [0.05, 0.1) is 12.8 Å². The number of amides is 1. The maximum absolute atomic E-state index is 12.3. The predicted molar refractivity (Wildman–Crippen MR) is 72.1 cm³/mol. The minimum atomic E-state index is -1.13. The molecule has 5 nitrogen and oxygen atoms in total. The number of carbonyl (C=O) groups excluding carboxylic acids is 2. The lowest BCUT2D eigenvalue weighted by atomic mass is 9.78. The summed E-state index contributed by atoms with van der Waals surface area (Å²) in [5.41, 5.74) is 0.558. The summed E-state index contributed by atoms with van der Waals surface area (Å²) in [5, 5.41) is 13.9. The molecule has 1 fully saturated rings. The number of para-hydroxylation sites is 2. The summed E-state index contributed by atoms with van der Waals surface area (Å²) in [5.74, 6) is -2.08. The average molecular weight is 276 g/mol. The van der Waals surface area contributed by atoms with Crippen LogP contribution in [0.5, 0.6) is 5.75 Å². The molecule has 1 aromatic carbocycles. The Kier molecular flexibility index (Phi) is 4.61. The molecule has 0 heterocycles. The van der Waals surface area contributed by atoms with Crippen LogP contribution in [0.1, 0.15) is 25.7 Å². The van der Waals surface area contributed by atoms with Crippen molar-refractivity contribution in [2.45, 2.75) is 25.7 Å². The number of ether oxygens (including phenoxy) is 1. The first-order valence-electron chi connectivity index (χ1n) is 6.78. The van der Waals surface area contributed by atoms with E-state index in [2.05, 4.69) is 5.32 Å². The fourth-order valence-electron chi connectivity index (χ4n) is 2.70. The minimum absolute atomic E-state index is 0.275. The van der Waals surface area contributed by atoms with Gasteiger partial charge >= 0.3 is 0 Å². The molecule has 1 amide bonds. The van der Waals surface area contributed by atoms with E-state index in [1.54, 1.807) is 24.3 Å². The summed E-state index contributed by atoms with van der Waals surface area (Å²) < 4.78 is 5.16. The monoisotopic (exact) mass is 276 g/mol. The molecule has 0 aromatic heterocycles. The topological polar surface area (TPSA) is 78.5 Å². The summed E-state index contributed by atoms with van der Waals surface area (Å²) in [6.07, 6.45) is 2.79. The fourth-order valence-corrected chi connectivity index (χ4v) is 2.70. The van der Waals surface area contributed by atoms with Crippen LogP contribution in [0.15, 0.2) is 24.3 Å². The van der Waals surface area contributed by atoms with E-state index in [1.165, 1.54) is 7.11 Å². The first-order chi connectivity index (χ1) is 9.63.